The lowest BCUT2D eigenvalue weighted by Gasteiger charge is -2.46. The Bertz CT molecular complexity index is 1000. The highest BCUT2D eigenvalue weighted by molar-refractivity contribution is 7.89. The van der Waals surface area contributed by atoms with Crippen LogP contribution in [0.1, 0.15) is 55.3 Å². The lowest BCUT2D eigenvalue weighted by molar-refractivity contribution is 0.136. The van der Waals surface area contributed by atoms with Gasteiger partial charge in [0.1, 0.15) is 10.6 Å². The standard InChI is InChI=1S/C19H25N3O4S/c1-4-6-16-14-9-15(17-7-5-8-18(23)22(16)17)11-21(10-14)27(24,25)19-12(2)20-26-13(19)3/h5,7-8,14-16H,4,6,9-11H2,1-3H3/t14-,15+,16-/m0/s1. The van der Waals surface area contributed by atoms with E-state index in [0.717, 1.165) is 25.0 Å². The summed E-state index contributed by atoms with van der Waals surface area (Å²) in [6, 6.07) is 5.39. The molecule has 2 aliphatic rings. The molecule has 2 aliphatic heterocycles. The number of fused-ring (bicyclic) bond motifs is 4. The Balaban J connectivity index is 1.77. The minimum atomic E-state index is -3.68. The Morgan fingerprint density at radius 2 is 2.04 bits per heavy atom. The fraction of sp³-hybridized carbons (Fsp3) is 0.579. The van der Waals surface area contributed by atoms with E-state index in [1.807, 2.05) is 10.6 Å². The molecule has 2 bridgehead atoms. The summed E-state index contributed by atoms with van der Waals surface area (Å²) in [5.41, 5.74) is 1.36. The molecule has 2 aromatic rings. The lowest BCUT2D eigenvalue weighted by atomic mass is 9.78. The van der Waals surface area contributed by atoms with Crippen molar-refractivity contribution >= 4 is 10.0 Å². The Hall–Kier alpha value is -1.93. The van der Waals surface area contributed by atoms with E-state index >= 15 is 0 Å². The highest BCUT2D eigenvalue weighted by Gasteiger charge is 2.44. The van der Waals surface area contributed by atoms with Crippen LogP contribution in [-0.4, -0.2) is 35.5 Å². The second-order valence-corrected chi connectivity index (χ2v) is 9.56. The molecule has 4 heterocycles. The van der Waals surface area contributed by atoms with Gasteiger partial charge in [-0.05, 0) is 38.7 Å². The van der Waals surface area contributed by atoms with Crippen LogP contribution in [-0.2, 0) is 10.0 Å². The average Bonchev–Trinajstić information content (AvgIpc) is 2.98. The highest BCUT2D eigenvalue weighted by Crippen LogP contribution is 2.44. The van der Waals surface area contributed by atoms with E-state index in [9.17, 15) is 13.2 Å². The largest absolute Gasteiger partial charge is 0.360 e. The lowest BCUT2D eigenvalue weighted by Crippen LogP contribution is -2.51. The number of nitrogens with zero attached hydrogens (tertiary/aromatic N) is 3. The summed E-state index contributed by atoms with van der Waals surface area (Å²) in [5, 5.41) is 3.82. The molecular weight excluding hydrogens is 366 g/mol. The predicted octanol–water partition coefficient (Wildman–Crippen LogP) is 2.60. The normalized spacial score (nSPS) is 25.4. The van der Waals surface area contributed by atoms with Gasteiger partial charge in [0.15, 0.2) is 5.76 Å². The van der Waals surface area contributed by atoms with Gasteiger partial charge in [-0.15, -0.1) is 0 Å². The Kier molecular flexibility index (Phi) is 4.50. The summed E-state index contributed by atoms with van der Waals surface area (Å²) in [5.74, 6) is 0.484. The van der Waals surface area contributed by atoms with E-state index in [4.69, 9.17) is 4.52 Å². The van der Waals surface area contributed by atoms with Crippen LogP contribution in [0.4, 0.5) is 0 Å². The average molecular weight is 391 g/mol. The van der Waals surface area contributed by atoms with Crippen molar-refractivity contribution in [2.45, 2.75) is 56.9 Å². The van der Waals surface area contributed by atoms with Crippen molar-refractivity contribution in [3.63, 3.8) is 0 Å². The Morgan fingerprint density at radius 1 is 1.26 bits per heavy atom. The number of rotatable bonds is 4. The van der Waals surface area contributed by atoms with E-state index in [1.165, 1.54) is 0 Å². The molecular formula is C19H25N3O4S. The van der Waals surface area contributed by atoms with Gasteiger partial charge in [-0.2, -0.15) is 4.31 Å². The molecule has 1 fully saturated rings. The van der Waals surface area contributed by atoms with E-state index in [2.05, 4.69) is 12.1 Å². The van der Waals surface area contributed by atoms with Crippen LogP contribution in [0.2, 0.25) is 0 Å². The van der Waals surface area contributed by atoms with Gasteiger partial charge in [-0.3, -0.25) is 4.79 Å². The van der Waals surface area contributed by atoms with Crippen molar-refractivity contribution in [3.05, 3.63) is 45.7 Å². The van der Waals surface area contributed by atoms with Gasteiger partial charge in [0.05, 0.1) is 0 Å². The molecule has 2 aromatic heterocycles. The zero-order valence-electron chi connectivity index (χ0n) is 15.9. The predicted molar refractivity (Wildman–Crippen MR) is 100 cm³/mol. The van der Waals surface area contributed by atoms with Crippen molar-refractivity contribution in [3.8, 4) is 0 Å². The summed E-state index contributed by atoms with van der Waals surface area (Å²) in [4.78, 5) is 12.7. The number of aryl methyl sites for hydroxylation is 2. The SMILES string of the molecule is CCC[C@H]1[C@H]2C[C@H](CN(S(=O)(=O)c3c(C)noc3C)C2)c2cccc(=O)n21. The van der Waals surface area contributed by atoms with Crippen LogP contribution < -0.4 is 5.56 Å². The third kappa shape index (κ3) is 2.86. The zero-order chi connectivity index (χ0) is 19.3. The van der Waals surface area contributed by atoms with Crippen molar-refractivity contribution in [1.82, 2.24) is 14.0 Å². The van der Waals surface area contributed by atoms with Crippen molar-refractivity contribution in [1.29, 1.82) is 0 Å². The van der Waals surface area contributed by atoms with Gasteiger partial charge >= 0.3 is 0 Å². The van der Waals surface area contributed by atoms with Gasteiger partial charge in [0, 0.05) is 36.8 Å². The molecule has 1 saturated heterocycles. The Morgan fingerprint density at radius 3 is 2.70 bits per heavy atom. The molecule has 0 aromatic carbocycles. The molecule has 0 unspecified atom stereocenters. The molecule has 8 heteroatoms. The molecule has 3 atom stereocenters. The maximum atomic E-state index is 13.3. The number of hydrogen-bond acceptors (Lipinski definition) is 5. The van der Waals surface area contributed by atoms with E-state index in [1.54, 1.807) is 30.3 Å². The molecule has 0 N–H and O–H groups in total. The molecule has 0 aliphatic carbocycles. The first-order valence-electron chi connectivity index (χ1n) is 9.49. The van der Waals surface area contributed by atoms with E-state index in [-0.39, 0.29) is 28.3 Å². The first-order chi connectivity index (χ1) is 12.8. The molecule has 27 heavy (non-hydrogen) atoms. The molecule has 0 spiro atoms. The first-order valence-corrected chi connectivity index (χ1v) is 10.9. The molecule has 146 valence electrons. The summed E-state index contributed by atoms with van der Waals surface area (Å²) < 4.78 is 35.2. The second-order valence-electron chi connectivity index (χ2n) is 7.68. The summed E-state index contributed by atoms with van der Waals surface area (Å²) in [7, 11) is -3.68. The van der Waals surface area contributed by atoms with Crippen LogP contribution >= 0.6 is 0 Å². The van der Waals surface area contributed by atoms with Crippen molar-refractivity contribution < 1.29 is 12.9 Å². The maximum Gasteiger partial charge on any atom is 0.250 e. The van der Waals surface area contributed by atoms with Crippen LogP contribution in [0.25, 0.3) is 0 Å². The molecule has 0 saturated carbocycles. The summed E-state index contributed by atoms with van der Waals surface area (Å²) in [6.07, 6.45) is 2.73. The van der Waals surface area contributed by atoms with Crippen LogP contribution in [0.15, 0.2) is 32.4 Å². The summed E-state index contributed by atoms with van der Waals surface area (Å²) >= 11 is 0. The number of piperidine rings is 1. The smallest absolute Gasteiger partial charge is 0.250 e. The third-order valence-electron chi connectivity index (χ3n) is 5.92. The highest BCUT2D eigenvalue weighted by atomic mass is 32.2. The molecule has 4 rings (SSSR count). The van der Waals surface area contributed by atoms with Crippen LogP contribution in [0.5, 0.6) is 0 Å². The molecule has 0 radical (unpaired) electrons. The summed E-state index contributed by atoms with van der Waals surface area (Å²) in [6.45, 7) is 6.19. The van der Waals surface area contributed by atoms with Gasteiger partial charge in [-0.1, -0.05) is 24.6 Å². The minimum absolute atomic E-state index is 0.0164. The minimum Gasteiger partial charge on any atom is -0.360 e. The topological polar surface area (TPSA) is 85.4 Å². The number of sulfonamides is 1. The van der Waals surface area contributed by atoms with Crippen LogP contribution in [0, 0.1) is 19.8 Å². The number of aromatic nitrogens is 2. The van der Waals surface area contributed by atoms with Gasteiger partial charge < -0.3 is 9.09 Å². The third-order valence-corrected chi connectivity index (χ3v) is 7.99. The monoisotopic (exact) mass is 391 g/mol. The fourth-order valence-corrected chi connectivity index (χ4v) is 6.67. The first kappa shape index (κ1) is 18.4. The van der Waals surface area contributed by atoms with Gasteiger partial charge in [0.25, 0.3) is 5.56 Å². The second kappa shape index (κ2) is 6.60. The zero-order valence-corrected chi connectivity index (χ0v) is 16.7. The van der Waals surface area contributed by atoms with Crippen molar-refractivity contribution in [2.24, 2.45) is 5.92 Å². The fourth-order valence-electron chi connectivity index (χ4n) is 4.83. The van der Waals surface area contributed by atoms with Gasteiger partial charge in [0.2, 0.25) is 10.0 Å². The number of hydrogen-bond donors (Lipinski definition) is 0. The van der Waals surface area contributed by atoms with E-state index < -0.39 is 10.0 Å². The number of pyridine rings is 1. The van der Waals surface area contributed by atoms with Gasteiger partial charge in [-0.25, -0.2) is 8.42 Å². The van der Waals surface area contributed by atoms with Crippen molar-refractivity contribution in [2.75, 3.05) is 13.1 Å². The Labute approximate surface area is 159 Å². The quantitative estimate of drug-likeness (QED) is 0.800. The van der Waals surface area contributed by atoms with Crippen LogP contribution in [0.3, 0.4) is 0 Å². The van der Waals surface area contributed by atoms with E-state index in [0.29, 0.717) is 24.5 Å². The molecule has 7 nitrogen and oxygen atoms in total. The maximum absolute atomic E-state index is 13.3. The molecule has 0 amide bonds.